The van der Waals surface area contributed by atoms with E-state index < -0.39 is 9.84 Å². The van der Waals surface area contributed by atoms with E-state index in [9.17, 15) is 13.5 Å². The molecule has 0 aliphatic heterocycles. The molecule has 118 valence electrons. The Kier molecular flexibility index (Phi) is 5.65. The molecule has 0 spiro atoms. The van der Waals surface area contributed by atoms with Crippen LogP contribution in [0.3, 0.4) is 0 Å². The van der Waals surface area contributed by atoms with Crippen LogP contribution in [-0.2, 0) is 9.84 Å². The Balaban J connectivity index is 1.94. The van der Waals surface area contributed by atoms with Crippen molar-refractivity contribution in [1.29, 1.82) is 0 Å². The average molecular weight is 311 g/mol. The van der Waals surface area contributed by atoms with E-state index in [1.165, 1.54) is 6.42 Å². The SMILES string of the molecule is CCCS(=O)(=O)c1ccc(NCC2CCCC2CO)cc1. The summed E-state index contributed by atoms with van der Waals surface area (Å²) in [5.41, 5.74) is 0.939. The largest absolute Gasteiger partial charge is 0.396 e. The predicted octanol–water partition coefficient (Wildman–Crippen LogP) is 2.69. The van der Waals surface area contributed by atoms with Crippen molar-refractivity contribution in [1.82, 2.24) is 0 Å². The van der Waals surface area contributed by atoms with Crippen LogP contribution in [0.4, 0.5) is 5.69 Å². The van der Waals surface area contributed by atoms with Gasteiger partial charge < -0.3 is 10.4 Å². The standard InChI is InChI=1S/C16H25NO3S/c1-2-10-21(19,20)16-8-6-15(7-9-16)17-11-13-4-3-5-14(13)12-18/h6-9,13-14,17-18H,2-5,10-12H2,1H3. The second-order valence-corrected chi connectivity index (χ2v) is 7.97. The highest BCUT2D eigenvalue weighted by atomic mass is 32.2. The lowest BCUT2D eigenvalue weighted by Gasteiger charge is -2.18. The Morgan fingerprint density at radius 1 is 1.19 bits per heavy atom. The molecule has 1 aliphatic carbocycles. The van der Waals surface area contributed by atoms with Crippen LogP contribution >= 0.6 is 0 Å². The third-order valence-corrected chi connectivity index (χ3v) is 6.24. The van der Waals surface area contributed by atoms with E-state index in [2.05, 4.69) is 5.32 Å². The molecule has 4 nitrogen and oxygen atoms in total. The van der Waals surface area contributed by atoms with Gasteiger partial charge in [-0.05, 0) is 55.4 Å². The fraction of sp³-hybridized carbons (Fsp3) is 0.625. The summed E-state index contributed by atoms with van der Waals surface area (Å²) in [7, 11) is -3.13. The number of benzene rings is 1. The predicted molar refractivity (Wildman–Crippen MR) is 85.2 cm³/mol. The van der Waals surface area contributed by atoms with Gasteiger partial charge in [-0.25, -0.2) is 8.42 Å². The molecule has 2 N–H and O–H groups in total. The number of aliphatic hydroxyl groups excluding tert-OH is 1. The first kappa shape index (κ1) is 16.3. The van der Waals surface area contributed by atoms with Gasteiger partial charge in [-0.1, -0.05) is 13.3 Å². The zero-order valence-corrected chi connectivity index (χ0v) is 13.4. The molecule has 0 aromatic heterocycles. The molecular weight excluding hydrogens is 286 g/mol. The zero-order valence-electron chi connectivity index (χ0n) is 12.6. The van der Waals surface area contributed by atoms with Crippen LogP contribution in [-0.4, -0.2) is 32.4 Å². The van der Waals surface area contributed by atoms with Crippen molar-refractivity contribution in [3.8, 4) is 0 Å². The summed E-state index contributed by atoms with van der Waals surface area (Å²) in [6.45, 7) is 2.97. The highest BCUT2D eigenvalue weighted by Crippen LogP contribution is 2.31. The number of nitrogens with one attached hydrogen (secondary N) is 1. The van der Waals surface area contributed by atoms with E-state index >= 15 is 0 Å². The fourth-order valence-electron chi connectivity index (χ4n) is 3.04. The van der Waals surface area contributed by atoms with Crippen LogP contribution in [0.1, 0.15) is 32.6 Å². The number of aliphatic hydroxyl groups is 1. The van der Waals surface area contributed by atoms with Crippen LogP contribution in [0.5, 0.6) is 0 Å². The molecule has 0 heterocycles. The fourth-order valence-corrected chi connectivity index (χ4v) is 4.36. The molecule has 21 heavy (non-hydrogen) atoms. The molecule has 5 heteroatoms. The van der Waals surface area contributed by atoms with Crippen LogP contribution in [0.15, 0.2) is 29.2 Å². The van der Waals surface area contributed by atoms with Gasteiger partial charge in [0.15, 0.2) is 9.84 Å². The minimum absolute atomic E-state index is 0.194. The molecular formula is C16H25NO3S. The van der Waals surface area contributed by atoms with Gasteiger partial charge in [-0.3, -0.25) is 0 Å². The lowest BCUT2D eigenvalue weighted by atomic mass is 9.97. The van der Waals surface area contributed by atoms with E-state index in [0.717, 1.165) is 25.1 Å². The Labute approximate surface area is 127 Å². The summed E-state index contributed by atoms with van der Waals surface area (Å²) >= 11 is 0. The van der Waals surface area contributed by atoms with Crippen molar-refractivity contribution in [3.05, 3.63) is 24.3 Å². The van der Waals surface area contributed by atoms with E-state index in [0.29, 0.717) is 23.2 Å². The van der Waals surface area contributed by atoms with Crippen LogP contribution in [0.2, 0.25) is 0 Å². The molecule has 0 bridgehead atoms. The lowest BCUT2D eigenvalue weighted by Crippen LogP contribution is -2.20. The summed E-state index contributed by atoms with van der Waals surface area (Å²) in [5, 5.41) is 12.7. The van der Waals surface area contributed by atoms with E-state index in [4.69, 9.17) is 0 Å². The van der Waals surface area contributed by atoms with Gasteiger partial charge in [0.2, 0.25) is 0 Å². The normalized spacial score (nSPS) is 22.4. The van der Waals surface area contributed by atoms with Gasteiger partial charge in [-0.2, -0.15) is 0 Å². The third-order valence-electron chi connectivity index (χ3n) is 4.31. The maximum Gasteiger partial charge on any atom is 0.178 e. The average Bonchev–Trinajstić information content (AvgIpc) is 2.93. The van der Waals surface area contributed by atoms with E-state index in [1.807, 2.05) is 19.1 Å². The first-order valence-electron chi connectivity index (χ1n) is 7.74. The Morgan fingerprint density at radius 3 is 2.48 bits per heavy atom. The molecule has 1 fully saturated rings. The first-order valence-corrected chi connectivity index (χ1v) is 9.39. The molecule has 1 aromatic carbocycles. The molecule has 0 saturated heterocycles. The zero-order chi connectivity index (χ0) is 15.3. The van der Waals surface area contributed by atoms with Gasteiger partial charge in [0.1, 0.15) is 0 Å². The molecule has 0 radical (unpaired) electrons. The molecule has 2 unspecified atom stereocenters. The topological polar surface area (TPSA) is 66.4 Å². The van der Waals surface area contributed by atoms with Crippen LogP contribution in [0.25, 0.3) is 0 Å². The van der Waals surface area contributed by atoms with Gasteiger partial charge >= 0.3 is 0 Å². The summed E-state index contributed by atoms with van der Waals surface area (Å²) in [6.07, 6.45) is 4.08. The number of hydrogen-bond acceptors (Lipinski definition) is 4. The summed E-state index contributed by atoms with van der Waals surface area (Å²) in [5.74, 6) is 1.11. The Morgan fingerprint density at radius 2 is 1.86 bits per heavy atom. The molecule has 2 rings (SSSR count). The lowest BCUT2D eigenvalue weighted by molar-refractivity contribution is 0.199. The number of anilines is 1. The van der Waals surface area contributed by atoms with Gasteiger partial charge in [0.05, 0.1) is 10.6 Å². The summed E-state index contributed by atoms with van der Waals surface area (Å²) in [4.78, 5) is 0.393. The second kappa shape index (κ2) is 7.27. The van der Waals surface area contributed by atoms with Gasteiger partial charge in [0, 0.05) is 18.8 Å². The molecule has 1 aliphatic rings. The van der Waals surface area contributed by atoms with Crippen molar-refractivity contribution >= 4 is 15.5 Å². The second-order valence-electron chi connectivity index (χ2n) is 5.86. The van der Waals surface area contributed by atoms with Crippen molar-refractivity contribution in [2.75, 3.05) is 24.2 Å². The third kappa shape index (κ3) is 4.20. The van der Waals surface area contributed by atoms with Crippen LogP contribution in [0, 0.1) is 11.8 Å². The maximum absolute atomic E-state index is 11.9. The molecule has 1 aromatic rings. The Bertz CT molecular complexity index is 539. The van der Waals surface area contributed by atoms with Crippen molar-refractivity contribution in [3.63, 3.8) is 0 Å². The number of sulfone groups is 1. The quantitative estimate of drug-likeness (QED) is 0.812. The van der Waals surface area contributed by atoms with E-state index in [-0.39, 0.29) is 12.4 Å². The molecule has 2 atom stereocenters. The smallest absolute Gasteiger partial charge is 0.178 e. The van der Waals surface area contributed by atoms with Crippen molar-refractivity contribution in [2.45, 2.75) is 37.5 Å². The van der Waals surface area contributed by atoms with Gasteiger partial charge in [0.25, 0.3) is 0 Å². The highest BCUT2D eigenvalue weighted by molar-refractivity contribution is 7.91. The van der Waals surface area contributed by atoms with Gasteiger partial charge in [-0.15, -0.1) is 0 Å². The minimum atomic E-state index is -3.13. The monoisotopic (exact) mass is 311 g/mol. The van der Waals surface area contributed by atoms with E-state index in [1.54, 1.807) is 12.1 Å². The summed E-state index contributed by atoms with van der Waals surface area (Å²) in [6, 6.07) is 6.99. The summed E-state index contributed by atoms with van der Waals surface area (Å²) < 4.78 is 23.9. The number of rotatable bonds is 7. The van der Waals surface area contributed by atoms with Crippen molar-refractivity contribution in [2.24, 2.45) is 11.8 Å². The molecule has 0 amide bonds. The Hall–Kier alpha value is -1.07. The highest BCUT2D eigenvalue weighted by Gasteiger charge is 2.26. The molecule has 1 saturated carbocycles. The number of hydrogen-bond donors (Lipinski definition) is 2. The van der Waals surface area contributed by atoms with Crippen LogP contribution < -0.4 is 5.32 Å². The van der Waals surface area contributed by atoms with Crippen molar-refractivity contribution < 1.29 is 13.5 Å². The maximum atomic E-state index is 11.9. The first-order chi connectivity index (χ1) is 10.1. The minimum Gasteiger partial charge on any atom is -0.396 e.